The van der Waals surface area contributed by atoms with Gasteiger partial charge in [-0.2, -0.15) is 0 Å². The minimum Gasteiger partial charge on any atom is -0.372 e. The first-order valence-corrected chi connectivity index (χ1v) is 9.31. The number of para-hydroxylation sites is 1. The van der Waals surface area contributed by atoms with Crippen molar-refractivity contribution in [1.82, 2.24) is 0 Å². The van der Waals surface area contributed by atoms with Gasteiger partial charge in [0.25, 0.3) is 0 Å². The molecule has 2 rings (SSSR count). The van der Waals surface area contributed by atoms with Crippen molar-refractivity contribution < 1.29 is 9.59 Å². The molecule has 0 aliphatic rings. The minimum absolute atomic E-state index is 0.258. The van der Waals surface area contributed by atoms with Gasteiger partial charge in [-0.05, 0) is 64.1 Å². The van der Waals surface area contributed by atoms with Crippen LogP contribution in [-0.4, -0.2) is 32.0 Å². The number of carbonyl (C=O) groups is 2. The molecule has 0 atom stereocenters. The smallest absolute Gasteiger partial charge is 0.241 e. The first-order valence-electron chi connectivity index (χ1n) is 9.31. The molecule has 27 heavy (non-hydrogen) atoms. The minimum atomic E-state index is -1.19. The average Bonchev–Trinajstić information content (AvgIpc) is 2.69. The summed E-state index contributed by atoms with van der Waals surface area (Å²) in [5, 5.41) is 2.87. The van der Waals surface area contributed by atoms with E-state index >= 15 is 0 Å². The summed E-state index contributed by atoms with van der Waals surface area (Å²) in [7, 11) is 1.69. The number of hydrogen-bond donors (Lipinski definition) is 1. The maximum atomic E-state index is 12.9. The summed E-state index contributed by atoms with van der Waals surface area (Å²) in [6.45, 7) is 9.36. The normalized spacial score (nSPS) is 11.0. The van der Waals surface area contributed by atoms with Gasteiger partial charge in [-0.15, -0.1) is 0 Å². The second-order valence-corrected chi connectivity index (χ2v) is 7.00. The van der Waals surface area contributed by atoms with Crippen LogP contribution in [0.5, 0.6) is 0 Å². The van der Waals surface area contributed by atoms with E-state index in [9.17, 15) is 9.59 Å². The number of nitrogens with zero attached hydrogens (tertiary/aromatic N) is 2. The lowest BCUT2D eigenvalue weighted by Crippen LogP contribution is -2.46. The van der Waals surface area contributed by atoms with Gasteiger partial charge in [0.15, 0.2) is 0 Å². The van der Waals surface area contributed by atoms with E-state index in [1.54, 1.807) is 20.9 Å². The molecule has 0 saturated heterocycles. The number of anilines is 3. The van der Waals surface area contributed by atoms with Crippen LogP contribution in [0.2, 0.25) is 0 Å². The summed E-state index contributed by atoms with van der Waals surface area (Å²) in [6.07, 6.45) is 0. The van der Waals surface area contributed by atoms with Gasteiger partial charge in [0, 0.05) is 37.2 Å². The third-order valence-corrected chi connectivity index (χ3v) is 4.80. The third-order valence-electron chi connectivity index (χ3n) is 4.80. The molecule has 0 saturated carbocycles. The van der Waals surface area contributed by atoms with Crippen LogP contribution in [0.15, 0.2) is 54.6 Å². The topological polar surface area (TPSA) is 52.7 Å². The van der Waals surface area contributed by atoms with Crippen LogP contribution in [0.3, 0.4) is 0 Å². The standard InChI is InChI=1S/C22H29N3O2/c1-6-25(7-2)19-15-13-17(14-16-19)23-20(26)22(3,4)21(27)24(5)18-11-9-8-10-12-18/h8-16H,6-7H2,1-5H3,(H,23,26). The molecule has 144 valence electrons. The Bertz CT molecular complexity index is 766. The monoisotopic (exact) mass is 367 g/mol. The fourth-order valence-electron chi connectivity index (χ4n) is 2.92. The lowest BCUT2D eigenvalue weighted by atomic mass is 9.90. The molecule has 5 nitrogen and oxygen atoms in total. The zero-order chi connectivity index (χ0) is 20.0. The Morgan fingerprint density at radius 2 is 1.44 bits per heavy atom. The van der Waals surface area contributed by atoms with Crippen molar-refractivity contribution in [2.75, 3.05) is 35.3 Å². The summed E-state index contributed by atoms with van der Waals surface area (Å²) in [5.74, 6) is -0.586. The van der Waals surface area contributed by atoms with Gasteiger partial charge >= 0.3 is 0 Å². The van der Waals surface area contributed by atoms with E-state index in [0.29, 0.717) is 5.69 Å². The second-order valence-electron chi connectivity index (χ2n) is 7.00. The molecule has 0 unspecified atom stereocenters. The molecule has 0 spiro atoms. The summed E-state index contributed by atoms with van der Waals surface area (Å²) in [6, 6.07) is 17.0. The summed E-state index contributed by atoms with van der Waals surface area (Å²) in [5.41, 5.74) is 1.35. The lowest BCUT2D eigenvalue weighted by Gasteiger charge is -2.28. The number of hydrogen-bond acceptors (Lipinski definition) is 3. The first-order chi connectivity index (χ1) is 12.8. The van der Waals surface area contributed by atoms with Crippen LogP contribution in [0.25, 0.3) is 0 Å². The quantitative estimate of drug-likeness (QED) is 0.748. The summed E-state index contributed by atoms with van der Waals surface area (Å²) < 4.78 is 0. The Morgan fingerprint density at radius 3 is 1.96 bits per heavy atom. The number of carbonyl (C=O) groups excluding carboxylic acids is 2. The van der Waals surface area contributed by atoms with Crippen LogP contribution in [0.1, 0.15) is 27.7 Å². The Morgan fingerprint density at radius 1 is 0.889 bits per heavy atom. The number of rotatable bonds is 7. The average molecular weight is 367 g/mol. The van der Waals surface area contributed by atoms with Gasteiger partial charge in [0.05, 0.1) is 0 Å². The SMILES string of the molecule is CCN(CC)c1ccc(NC(=O)C(C)(C)C(=O)N(C)c2ccccc2)cc1. The van der Waals surface area contributed by atoms with Gasteiger partial charge in [-0.3, -0.25) is 9.59 Å². The van der Waals surface area contributed by atoms with Gasteiger partial charge in [-0.1, -0.05) is 18.2 Å². The maximum absolute atomic E-state index is 12.9. The highest BCUT2D eigenvalue weighted by Gasteiger charge is 2.38. The van der Waals surface area contributed by atoms with Crippen LogP contribution in [0, 0.1) is 5.41 Å². The van der Waals surface area contributed by atoms with Gasteiger partial charge in [0.2, 0.25) is 11.8 Å². The molecule has 0 bridgehead atoms. The Kier molecular flexibility index (Phi) is 6.61. The van der Waals surface area contributed by atoms with Gasteiger partial charge in [0.1, 0.15) is 5.41 Å². The molecule has 2 aromatic rings. The number of amides is 2. The number of benzene rings is 2. The zero-order valence-electron chi connectivity index (χ0n) is 16.8. The highest BCUT2D eigenvalue weighted by atomic mass is 16.2. The fraction of sp³-hybridized carbons (Fsp3) is 0.364. The molecule has 0 fully saturated rings. The second kappa shape index (κ2) is 8.71. The van der Waals surface area contributed by atoms with Crippen LogP contribution in [0.4, 0.5) is 17.1 Å². The van der Waals surface area contributed by atoms with E-state index in [0.717, 1.165) is 24.5 Å². The van der Waals surface area contributed by atoms with Crippen LogP contribution in [-0.2, 0) is 9.59 Å². The van der Waals surface area contributed by atoms with E-state index in [1.807, 2.05) is 54.6 Å². The Hall–Kier alpha value is -2.82. The summed E-state index contributed by atoms with van der Waals surface area (Å²) in [4.78, 5) is 29.4. The van der Waals surface area contributed by atoms with Crippen molar-refractivity contribution in [3.63, 3.8) is 0 Å². The molecule has 0 heterocycles. The van der Waals surface area contributed by atoms with Gasteiger partial charge < -0.3 is 15.1 Å². The fourth-order valence-corrected chi connectivity index (χ4v) is 2.92. The zero-order valence-corrected chi connectivity index (χ0v) is 16.8. The van der Waals surface area contributed by atoms with Crippen molar-refractivity contribution in [3.8, 4) is 0 Å². The molecule has 0 aliphatic heterocycles. The molecule has 0 aromatic heterocycles. The van der Waals surface area contributed by atoms with Crippen molar-refractivity contribution in [2.24, 2.45) is 5.41 Å². The predicted octanol–water partition coefficient (Wildman–Crippen LogP) is 4.16. The van der Waals surface area contributed by atoms with E-state index in [2.05, 4.69) is 24.1 Å². The highest BCUT2D eigenvalue weighted by molar-refractivity contribution is 6.14. The first kappa shape index (κ1) is 20.5. The highest BCUT2D eigenvalue weighted by Crippen LogP contribution is 2.25. The predicted molar refractivity (Wildman–Crippen MR) is 112 cm³/mol. The lowest BCUT2D eigenvalue weighted by molar-refractivity contribution is -0.136. The summed E-state index contributed by atoms with van der Waals surface area (Å²) >= 11 is 0. The van der Waals surface area contributed by atoms with Crippen molar-refractivity contribution in [3.05, 3.63) is 54.6 Å². The van der Waals surface area contributed by atoms with Crippen molar-refractivity contribution in [2.45, 2.75) is 27.7 Å². The molecular formula is C22H29N3O2. The Balaban J connectivity index is 2.10. The molecule has 1 N–H and O–H groups in total. The number of nitrogens with one attached hydrogen (secondary N) is 1. The Labute approximate surface area is 162 Å². The molecule has 2 amide bonds. The molecule has 2 aromatic carbocycles. The maximum Gasteiger partial charge on any atom is 0.241 e. The van der Waals surface area contributed by atoms with E-state index in [1.165, 1.54) is 4.90 Å². The van der Waals surface area contributed by atoms with Gasteiger partial charge in [-0.25, -0.2) is 0 Å². The van der Waals surface area contributed by atoms with E-state index in [-0.39, 0.29) is 11.8 Å². The molecule has 5 heteroatoms. The molecule has 0 aliphatic carbocycles. The van der Waals surface area contributed by atoms with Crippen LogP contribution < -0.4 is 15.1 Å². The van der Waals surface area contributed by atoms with Crippen molar-refractivity contribution in [1.29, 1.82) is 0 Å². The van der Waals surface area contributed by atoms with Crippen molar-refractivity contribution >= 4 is 28.9 Å². The van der Waals surface area contributed by atoms with E-state index < -0.39 is 5.41 Å². The molecule has 0 radical (unpaired) electrons. The largest absolute Gasteiger partial charge is 0.372 e. The van der Waals surface area contributed by atoms with E-state index in [4.69, 9.17) is 0 Å². The molecular weight excluding hydrogens is 338 g/mol. The van der Waals surface area contributed by atoms with Crippen LogP contribution >= 0.6 is 0 Å². The third kappa shape index (κ3) is 4.67.